The van der Waals surface area contributed by atoms with Gasteiger partial charge in [-0.05, 0) is 76.0 Å². The maximum absolute atomic E-state index is 12.7. The predicted octanol–water partition coefficient (Wildman–Crippen LogP) is 2.73. The van der Waals surface area contributed by atoms with Crippen LogP contribution in [0.2, 0.25) is 5.02 Å². The summed E-state index contributed by atoms with van der Waals surface area (Å²) < 4.78 is 26.0. The average Bonchev–Trinajstić information content (AvgIpc) is 2.61. The van der Waals surface area contributed by atoms with Crippen molar-refractivity contribution in [3.63, 3.8) is 0 Å². The van der Waals surface area contributed by atoms with Crippen molar-refractivity contribution in [2.75, 3.05) is 37.2 Å². The van der Waals surface area contributed by atoms with Gasteiger partial charge in [-0.1, -0.05) is 18.5 Å². The van der Waals surface area contributed by atoms with Gasteiger partial charge >= 0.3 is 0 Å². The first-order valence-corrected chi connectivity index (χ1v) is 11.7. The number of carbonyl (C=O) groups is 1. The van der Waals surface area contributed by atoms with Gasteiger partial charge in [0.25, 0.3) is 0 Å². The number of hydrogen-bond acceptors (Lipinski definition) is 4. The van der Waals surface area contributed by atoms with Crippen molar-refractivity contribution in [3.8, 4) is 0 Å². The van der Waals surface area contributed by atoms with Crippen LogP contribution in [-0.4, -0.2) is 58.2 Å². The molecule has 8 heteroatoms. The Labute approximate surface area is 167 Å². The Kier molecular flexibility index (Phi) is 7.94. The molecule has 1 aromatic rings. The Morgan fingerprint density at radius 1 is 1.30 bits per heavy atom. The highest BCUT2D eigenvalue weighted by atomic mass is 35.5. The lowest BCUT2D eigenvalue weighted by Gasteiger charge is -2.31. The van der Waals surface area contributed by atoms with Crippen LogP contribution >= 0.6 is 11.6 Å². The molecule has 0 aromatic heterocycles. The molecule has 0 bridgehead atoms. The van der Waals surface area contributed by atoms with Crippen molar-refractivity contribution >= 4 is 33.2 Å². The van der Waals surface area contributed by atoms with Crippen LogP contribution in [0.25, 0.3) is 0 Å². The molecule has 27 heavy (non-hydrogen) atoms. The monoisotopic (exact) mass is 415 g/mol. The zero-order chi connectivity index (χ0) is 20.0. The Balaban J connectivity index is 2.02. The second-order valence-corrected chi connectivity index (χ2v) is 9.58. The number of anilines is 1. The second kappa shape index (κ2) is 9.75. The molecule has 1 aliphatic heterocycles. The molecule has 1 fully saturated rings. The highest BCUT2D eigenvalue weighted by Gasteiger charge is 2.31. The Morgan fingerprint density at radius 3 is 2.41 bits per heavy atom. The maximum atomic E-state index is 12.7. The van der Waals surface area contributed by atoms with Crippen LogP contribution in [0.15, 0.2) is 24.3 Å². The van der Waals surface area contributed by atoms with Crippen molar-refractivity contribution in [2.45, 2.75) is 38.6 Å². The van der Waals surface area contributed by atoms with Crippen LogP contribution in [0.3, 0.4) is 0 Å². The third kappa shape index (κ3) is 6.36. The van der Waals surface area contributed by atoms with E-state index in [1.807, 2.05) is 6.92 Å². The van der Waals surface area contributed by atoms with Gasteiger partial charge in [-0.25, -0.2) is 8.42 Å². The topological polar surface area (TPSA) is 69.7 Å². The lowest BCUT2D eigenvalue weighted by atomic mass is 9.94. The molecule has 0 aliphatic carbocycles. The summed E-state index contributed by atoms with van der Waals surface area (Å²) in [6.07, 6.45) is 4.72. The highest BCUT2D eigenvalue weighted by molar-refractivity contribution is 7.92. The molecular weight excluding hydrogens is 386 g/mol. The van der Waals surface area contributed by atoms with Crippen LogP contribution < -0.4 is 9.62 Å². The molecule has 1 aromatic carbocycles. The maximum Gasteiger partial charge on any atom is 0.243 e. The highest BCUT2D eigenvalue weighted by Crippen LogP contribution is 2.24. The minimum atomic E-state index is -3.61. The lowest BCUT2D eigenvalue weighted by Crippen LogP contribution is -2.49. The van der Waals surface area contributed by atoms with Gasteiger partial charge < -0.3 is 10.2 Å². The van der Waals surface area contributed by atoms with Crippen LogP contribution in [0.4, 0.5) is 5.69 Å². The fourth-order valence-electron chi connectivity index (χ4n) is 3.52. The zero-order valence-electron chi connectivity index (χ0n) is 16.3. The van der Waals surface area contributed by atoms with Crippen LogP contribution in [0.1, 0.15) is 32.6 Å². The van der Waals surface area contributed by atoms with Crippen molar-refractivity contribution in [2.24, 2.45) is 5.92 Å². The number of piperidine rings is 1. The summed E-state index contributed by atoms with van der Waals surface area (Å²) in [6, 6.07) is 5.72. The number of carbonyl (C=O) groups excluding carboxylic acids is 1. The summed E-state index contributed by atoms with van der Waals surface area (Å²) in [6.45, 7) is 4.57. The van der Waals surface area contributed by atoms with Gasteiger partial charge in [0, 0.05) is 11.6 Å². The molecule has 1 aliphatic rings. The molecule has 1 heterocycles. The molecule has 1 N–H and O–H groups in total. The third-order valence-electron chi connectivity index (χ3n) is 5.10. The van der Waals surface area contributed by atoms with E-state index in [4.69, 9.17) is 11.6 Å². The van der Waals surface area contributed by atoms with Crippen LogP contribution in [-0.2, 0) is 14.8 Å². The fraction of sp³-hybridized carbons (Fsp3) is 0.632. The SMILES string of the molecule is CC[C@@H](C(=O)NCCC1CCN(C)CC1)N(c1ccc(Cl)cc1)S(C)(=O)=O. The number of benzene rings is 1. The lowest BCUT2D eigenvalue weighted by molar-refractivity contribution is -0.122. The number of likely N-dealkylation sites (tertiary alicyclic amines) is 1. The minimum absolute atomic E-state index is 0.259. The van der Waals surface area contributed by atoms with Gasteiger partial charge in [0.1, 0.15) is 6.04 Å². The van der Waals surface area contributed by atoms with Gasteiger partial charge in [0.05, 0.1) is 11.9 Å². The molecule has 6 nitrogen and oxygen atoms in total. The first-order valence-electron chi connectivity index (χ1n) is 9.43. The molecular formula is C19H30ClN3O3S. The second-order valence-electron chi connectivity index (χ2n) is 7.29. The van der Waals surface area contributed by atoms with Gasteiger partial charge in [0.15, 0.2) is 0 Å². The molecule has 1 amide bonds. The normalized spacial score (nSPS) is 17.5. The van der Waals surface area contributed by atoms with E-state index in [0.717, 1.165) is 38.6 Å². The standard InChI is InChI=1S/C19H30ClN3O3S/c1-4-18(19(24)21-12-9-15-10-13-22(2)14-11-15)23(27(3,25)26)17-7-5-16(20)6-8-17/h5-8,15,18H,4,9-14H2,1-3H3,(H,21,24)/t18-/m0/s1. The number of rotatable bonds is 8. The van der Waals surface area contributed by atoms with E-state index < -0.39 is 16.1 Å². The van der Waals surface area contributed by atoms with Gasteiger partial charge in [-0.2, -0.15) is 0 Å². The van der Waals surface area contributed by atoms with Gasteiger partial charge in [0.2, 0.25) is 15.9 Å². The number of amides is 1. The molecule has 0 saturated carbocycles. The van der Waals surface area contributed by atoms with E-state index in [9.17, 15) is 13.2 Å². The molecule has 0 spiro atoms. The van der Waals surface area contributed by atoms with Crippen LogP contribution in [0.5, 0.6) is 0 Å². The molecule has 152 valence electrons. The zero-order valence-corrected chi connectivity index (χ0v) is 17.9. The fourth-order valence-corrected chi connectivity index (χ4v) is 4.85. The number of nitrogens with one attached hydrogen (secondary N) is 1. The van der Waals surface area contributed by atoms with E-state index in [0.29, 0.717) is 29.6 Å². The smallest absolute Gasteiger partial charge is 0.243 e. The van der Waals surface area contributed by atoms with E-state index >= 15 is 0 Å². The van der Waals surface area contributed by atoms with Crippen molar-refractivity contribution in [3.05, 3.63) is 29.3 Å². The first kappa shape index (κ1) is 22.0. The van der Waals surface area contributed by atoms with E-state index in [1.165, 1.54) is 4.31 Å². The minimum Gasteiger partial charge on any atom is -0.354 e. The van der Waals surface area contributed by atoms with Gasteiger partial charge in [-0.15, -0.1) is 0 Å². The van der Waals surface area contributed by atoms with E-state index in [-0.39, 0.29) is 5.91 Å². The van der Waals surface area contributed by atoms with Gasteiger partial charge in [-0.3, -0.25) is 9.10 Å². The quantitative estimate of drug-likeness (QED) is 0.708. The largest absolute Gasteiger partial charge is 0.354 e. The number of sulfonamides is 1. The summed E-state index contributed by atoms with van der Waals surface area (Å²) in [7, 11) is -1.49. The summed E-state index contributed by atoms with van der Waals surface area (Å²) in [4.78, 5) is 15.1. The van der Waals surface area contributed by atoms with Crippen molar-refractivity contribution < 1.29 is 13.2 Å². The summed E-state index contributed by atoms with van der Waals surface area (Å²) in [5.41, 5.74) is 0.444. The molecule has 0 unspecified atom stereocenters. The molecule has 1 atom stereocenters. The molecule has 2 rings (SSSR count). The Hall–Kier alpha value is -1.31. The molecule has 1 saturated heterocycles. The Bertz CT molecular complexity index is 716. The number of halogens is 1. The Morgan fingerprint density at radius 2 is 1.89 bits per heavy atom. The predicted molar refractivity (Wildman–Crippen MR) is 111 cm³/mol. The van der Waals surface area contributed by atoms with Crippen molar-refractivity contribution in [1.29, 1.82) is 0 Å². The summed E-state index contributed by atoms with van der Waals surface area (Å²) in [5.74, 6) is 0.356. The number of nitrogens with zero attached hydrogens (tertiary/aromatic N) is 2. The van der Waals surface area contributed by atoms with Crippen molar-refractivity contribution in [1.82, 2.24) is 10.2 Å². The molecule has 0 radical (unpaired) electrons. The summed E-state index contributed by atoms with van der Waals surface area (Å²) in [5, 5.41) is 3.46. The van der Waals surface area contributed by atoms with Crippen LogP contribution in [0, 0.1) is 5.92 Å². The van der Waals surface area contributed by atoms with E-state index in [1.54, 1.807) is 24.3 Å². The first-order chi connectivity index (χ1) is 12.7. The third-order valence-corrected chi connectivity index (χ3v) is 6.53. The summed E-state index contributed by atoms with van der Waals surface area (Å²) >= 11 is 5.91. The number of hydrogen-bond donors (Lipinski definition) is 1. The van der Waals surface area contributed by atoms with E-state index in [2.05, 4.69) is 17.3 Å². The average molecular weight is 416 g/mol.